The highest BCUT2D eigenvalue weighted by Crippen LogP contribution is 2.31. The van der Waals surface area contributed by atoms with E-state index in [1.54, 1.807) is 18.0 Å². The van der Waals surface area contributed by atoms with Crippen LogP contribution in [0.5, 0.6) is 5.75 Å². The van der Waals surface area contributed by atoms with Crippen molar-refractivity contribution in [2.24, 2.45) is 0 Å². The van der Waals surface area contributed by atoms with Crippen LogP contribution >= 0.6 is 22.9 Å². The van der Waals surface area contributed by atoms with E-state index in [-0.39, 0.29) is 5.56 Å². The zero-order valence-corrected chi connectivity index (χ0v) is 15.6. The smallest absolute Gasteiger partial charge is 0.263 e. The summed E-state index contributed by atoms with van der Waals surface area (Å²) in [5.74, 6) is 0.789. The third kappa shape index (κ3) is 3.11. The molecule has 2 aromatic heterocycles. The Morgan fingerprint density at radius 1 is 1.12 bits per heavy atom. The summed E-state index contributed by atoms with van der Waals surface area (Å²) in [6.07, 6.45) is 1.61. The van der Waals surface area contributed by atoms with E-state index in [2.05, 4.69) is 4.98 Å². The number of rotatable bonds is 4. The van der Waals surface area contributed by atoms with Crippen molar-refractivity contribution in [1.29, 1.82) is 0 Å². The molecule has 26 heavy (non-hydrogen) atoms. The number of benzene rings is 2. The van der Waals surface area contributed by atoms with E-state index in [1.807, 2.05) is 53.9 Å². The monoisotopic (exact) mass is 382 g/mol. The lowest BCUT2D eigenvalue weighted by molar-refractivity contribution is 0.414. The molecular weight excluding hydrogens is 368 g/mol. The molecule has 0 unspecified atom stereocenters. The highest BCUT2D eigenvalue weighted by atomic mass is 35.5. The van der Waals surface area contributed by atoms with E-state index < -0.39 is 0 Å². The van der Waals surface area contributed by atoms with Crippen molar-refractivity contribution in [2.45, 2.75) is 6.54 Å². The van der Waals surface area contributed by atoms with Crippen molar-refractivity contribution < 1.29 is 4.74 Å². The number of methoxy groups -OCH3 is 1. The number of aromatic nitrogens is 2. The Kier molecular flexibility index (Phi) is 4.49. The van der Waals surface area contributed by atoms with Crippen molar-refractivity contribution in [3.05, 3.63) is 81.2 Å². The highest BCUT2D eigenvalue weighted by molar-refractivity contribution is 7.17. The summed E-state index contributed by atoms with van der Waals surface area (Å²) in [7, 11) is 1.63. The standard InChI is InChI=1S/C20H15ClN2O2S/c1-25-16-8-2-13(3-9-16)10-23-12-22-19-18(20(23)24)17(11-26-19)14-4-6-15(21)7-5-14/h2-9,11-12H,10H2,1H3. The molecule has 2 heterocycles. The van der Waals surface area contributed by atoms with Crippen LogP contribution in [0.2, 0.25) is 5.02 Å². The molecule has 0 aliphatic heterocycles. The molecule has 0 N–H and O–H groups in total. The van der Waals surface area contributed by atoms with Crippen LogP contribution in [0.15, 0.2) is 65.0 Å². The molecular formula is C20H15ClN2O2S. The van der Waals surface area contributed by atoms with Crippen molar-refractivity contribution in [2.75, 3.05) is 7.11 Å². The maximum absolute atomic E-state index is 13.1. The second-order valence-electron chi connectivity index (χ2n) is 5.86. The zero-order chi connectivity index (χ0) is 18.1. The Hall–Kier alpha value is -2.63. The number of thiophene rings is 1. The average molecular weight is 383 g/mol. The lowest BCUT2D eigenvalue weighted by Crippen LogP contribution is -2.20. The molecule has 0 spiro atoms. The van der Waals surface area contributed by atoms with E-state index in [0.29, 0.717) is 17.0 Å². The summed E-state index contributed by atoms with van der Waals surface area (Å²) in [5.41, 5.74) is 2.82. The normalized spacial score (nSPS) is 11.0. The molecule has 0 saturated heterocycles. The van der Waals surface area contributed by atoms with Gasteiger partial charge in [-0.1, -0.05) is 35.9 Å². The van der Waals surface area contributed by atoms with Crippen LogP contribution < -0.4 is 10.3 Å². The molecule has 6 heteroatoms. The topological polar surface area (TPSA) is 44.1 Å². The molecule has 0 radical (unpaired) electrons. The third-order valence-electron chi connectivity index (χ3n) is 4.23. The molecule has 0 amide bonds. The van der Waals surface area contributed by atoms with Gasteiger partial charge in [-0.3, -0.25) is 9.36 Å². The van der Waals surface area contributed by atoms with Gasteiger partial charge in [-0.2, -0.15) is 0 Å². The van der Waals surface area contributed by atoms with Crippen molar-refractivity contribution in [3.63, 3.8) is 0 Å². The van der Waals surface area contributed by atoms with Gasteiger partial charge in [0.05, 0.1) is 25.4 Å². The van der Waals surface area contributed by atoms with Gasteiger partial charge in [0.15, 0.2) is 0 Å². The summed E-state index contributed by atoms with van der Waals surface area (Å²) in [4.78, 5) is 18.3. The SMILES string of the molecule is COc1ccc(Cn2cnc3scc(-c4ccc(Cl)cc4)c3c2=O)cc1. The number of hydrogen-bond acceptors (Lipinski definition) is 4. The lowest BCUT2D eigenvalue weighted by Gasteiger charge is -2.07. The van der Waals surface area contributed by atoms with Crippen LogP contribution in [0, 0.1) is 0 Å². The Bertz CT molecular complexity index is 1120. The molecule has 130 valence electrons. The molecule has 0 atom stereocenters. The van der Waals surface area contributed by atoms with Crippen molar-refractivity contribution in [3.8, 4) is 16.9 Å². The fraction of sp³-hybridized carbons (Fsp3) is 0.100. The first kappa shape index (κ1) is 16.8. The Morgan fingerprint density at radius 2 is 1.85 bits per heavy atom. The van der Waals surface area contributed by atoms with Crippen LogP contribution in [-0.4, -0.2) is 16.7 Å². The van der Waals surface area contributed by atoms with Gasteiger partial charge in [-0.05, 0) is 35.4 Å². The van der Waals surface area contributed by atoms with Gasteiger partial charge >= 0.3 is 0 Å². The van der Waals surface area contributed by atoms with E-state index in [4.69, 9.17) is 16.3 Å². The van der Waals surface area contributed by atoms with Crippen molar-refractivity contribution in [1.82, 2.24) is 9.55 Å². The fourth-order valence-corrected chi connectivity index (χ4v) is 3.88. The second kappa shape index (κ2) is 6.94. The first-order valence-electron chi connectivity index (χ1n) is 8.01. The van der Waals surface area contributed by atoms with Crippen LogP contribution in [0.4, 0.5) is 0 Å². The number of hydrogen-bond donors (Lipinski definition) is 0. The molecule has 0 aliphatic rings. The molecule has 2 aromatic carbocycles. The number of nitrogens with zero attached hydrogens (tertiary/aromatic N) is 2. The molecule has 4 nitrogen and oxygen atoms in total. The minimum absolute atomic E-state index is 0.0444. The summed E-state index contributed by atoms with van der Waals surface area (Å²) in [6.45, 7) is 0.460. The third-order valence-corrected chi connectivity index (χ3v) is 5.37. The minimum Gasteiger partial charge on any atom is -0.497 e. The maximum Gasteiger partial charge on any atom is 0.263 e. The van der Waals surface area contributed by atoms with Gasteiger partial charge in [0.1, 0.15) is 10.6 Å². The average Bonchev–Trinajstić information content (AvgIpc) is 3.10. The van der Waals surface area contributed by atoms with Gasteiger partial charge in [-0.25, -0.2) is 4.98 Å². The van der Waals surface area contributed by atoms with Crippen LogP contribution in [0.1, 0.15) is 5.56 Å². The fourth-order valence-electron chi connectivity index (χ4n) is 2.85. The van der Waals surface area contributed by atoms with Gasteiger partial charge in [0, 0.05) is 16.0 Å². The summed E-state index contributed by atoms with van der Waals surface area (Å²) < 4.78 is 6.81. The van der Waals surface area contributed by atoms with Crippen LogP contribution in [0.25, 0.3) is 21.3 Å². The molecule has 0 fully saturated rings. The molecule has 4 aromatic rings. The minimum atomic E-state index is -0.0444. The quantitative estimate of drug-likeness (QED) is 0.507. The molecule has 4 rings (SSSR count). The van der Waals surface area contributed by atoms with Gasteiger partial charge in [0.25, 0.3) is 5.56 Å². The highest BCUT2D eigenvalue weighted by Gasteiger charge is 2.13. The molecule has 0 saturated carbocycles. The van der Waals surface area contributed by atoms with E-state index in [9.17, 15) is 4.79 Å². The van der Waals surface area contributed by atoms with E-state index >= 15 is 0 Å². The lowest BCUT2D eigenvalue weighted by atomic mass is 10.1. The predicted octanol–water partition coefficient (Wildman–Crippen LogP) is 4.84. The molecule has 0 bridgehead atoms. The summed E-state index contributed by atoms with van der Waals surface area (Å²) in [5, 5.41) is 3.29. The van der Waals surface area contributed by atoms with E-state index in [1.165, 1.54) is 11.3 Å². The Labute approximate surface area is 159 Å². The zero-order valence-electron chi connectivity index (χ0n) is 14.0. The maximum atomic E-state index is 13.1. The van der Waals surface area contributed by atoms with Crippen molar-refractivity contribution >= 4 is 33.2 Å². The second-order valence-corrected chi connectivity index (χ2v) is 7.16. The number of halogens is 1. The number of fused-ring (bicyclic) bond motifs is 1. The van der Waals surface area contributed by atoms with Gasteiger partial charge in [-0.15, -0.1) is 11.3 Å². The molecule has 0 aliphatic carbocycles. The Balaban J connectivity index is 1.77. The van der Waals surface area contributed by atoms with Gasteiger partial charge < -0.3 is 4.74 Å². The predicted molar refractivity (Wildman–Crippen MR) is 106 cm³/mol. The van der Waals surface area contributed by atoms with Crippen LogP contribution in [0.3, 0.4) is 0 Å². The summed E-state index contributed by atoms with van der Waals surface area (Å²) >= 11 is 7.45. The largest absolute Gasteiger partial charge is 0.497 e. The van der Waals surface area contributed by atoms with Gasteiger partial charge in [0.2, 0.25) is 0 Å². The van der Waals surface area contributed by atoms with E-state index in [0.717, 1.165) is 27.3 Å². The first-order chi connectivity index (χ1) is 12.7. The first-order valence-corrected chi connectivity index (χ1v) is 9.27. The summed E-state index contributed by atoms with van der Waals surface area (Å²) in [6, 6.07) is 15.2. The van der Waals surface area contributed by atoms with Crippen LogP contribution in [-0.2, 0) is 6.54 Å². The number of ether oxygens (including phenoxy) is 1. The Morgan fingerprint density at radius 3 is 2.54 bits per heavy atom.